The van der Waals surface area contributed by atoms with Gasteiger partial charge in [-0.15, -0.1) is 0 Å². The molecular formula is C13H11ClN2O3. The lowest BCUT2D eigenvalue weighted by molar-refractivity contribution is -0.673. The second-order valence-electron chi connectivity index (χ2n) is 4.01. The van der Waals surface area contributed by atoms with Gasteiger partial charge >= 0.3 is 5.88 Å². The molecule has 5 nitrogen and oxygen atoms in total. The first-order valence-corrected chi connectivity index (χ1v) is 5.91. The molecule has 1 aromatic heterocycles. The number of halogens is 1. The lowest BCUT2D eigenvalue weighted by Gasteiger charge is -2.08. The standard InChI is InChI=1S/C13H11ClN2O3/c1-8-7-10(9(2)17)3-4-11(8)19-13-6-5-12(14)15-16(13)18/h3-7H,1-2H3. The molecule has 0 bridgehead atoms. The van der Waals surface area contributed by atoms with Crippen LogP contribution in [0.3, 0.4) is 0 Å². The van der Waals surface area contributed by atoms with Crippen LogP contribution >= 0.6 is 11.6 Å². The monoisotopic (exact) mass is 278 g/mol. The fraction of sp³-hybridized carbons (Fsp3) is 0.154. The van der Waals surface area contributed by atoms with E-state index in [1.54, 1.807) is 25.1 Å². The molecule has 6 heteroatoms. The number of rotatable bonds is 3. The summed E-state index contributed by atoms with van der Waals surface area (Å²) >= 11 is 5.58. The van der Waals surface area contributed by atoms with Crippen LogP contribution < -0.4 is 9.58 Å². The molecule has 0 aliphatic rings. The maximum atomic E-state index is 11.5. The van der Waals surface area contributed by atoms with E-state index in [4.69, 9.17) is 16.3 Å². The van der Waals surface area contributed by atoms with Crippen molar-refractivity contribution in [1.82, 2.24) is 5.10 Å². The Morgan fingerprint density at radius 1 is 1.37 bits per heavy atom. The Hall–Kier alpha value is -2.14. The average Bonchev–Trinajstić information content (AvgIpc) is 2.34. The van der Waals surface area contributed by atoms with Crippen molar-refractivity contribution < 1.29 is 14.4 Å². The summed E-state index contributed by atoms with van der Waals surface area (Å²) in [5.74, 6) is 0.475. The van der Waals surface area contributed by atoms with Crippen LogP contribution in [-0.2, 0) is 0 Å². The second kappa shape index (κ2) is 5.24. The van der Waals surface area contributed by atoms with E-state index < -0.39 is 0 Å². The first kappa shape index (κ1) is 13.3. The topological polar surface area (TPSA) is 66.1 Å². The van der Waals surface area contributed by atoms with Crippen LogP contribution in [0.1, 0.15) is 22.8 Å². The highest BCUT2D eigenvalue weighted by Crippen LogP contribution is 2.24. The van der Waals surface area contributed by atoms with Crippen molar-refractivity contribution >= 4 is 17.4 Å². The third kappa shape index (κ3) is 3.00. The van der Waals surface area contributed by atoms with E-state index >= 15 is 0 Å². The van der Waals surface area contributed by atoms with Crippen LogP contribution in [0.25, 0.3) is 0 Å². The van der Waals surface area contributed by atoms with Crippen molar-refractivity contribution in [3.63, 3.8) is 0 Å². The largest absolute Gasteiger partial charge is 0.591 e. The van der Waals surface area contributed by atoms with Crippen LogP contribution in [0, 0.1) is 12.1 Å². The Kier molecular flexibility index (Phi) is 3.66. The summed E-state index contributed by atoms with van der Waals surface area (Å²) in [6.45, 7) is 3.28. The van der Waals surface area contributed by atoms with Gasteiger partial charge < -0.3 is 9.94 Å². The molecule has 2 rings (SSSR count). The normalized spacial score (nSPS) is 10.3. The molecule has 0 spiro atoms. The molecule has 0 saturated carbocycles. The maximum Gasteiger partial charge on any atom is 0.411 e. The third-order valence-corrected chi connectivity index (χ3v) is 2.74. The minimum absolute atomic E-state index is 0.0167. The van der Waals surface area contributed by atoms with Gasteiger partial charge in [0, 0.05) is 10.7 Å². The average molecular weight is 279 g/mol. The van der Waals surface area contributed by atoms with Crippen molar-refractivity contribution in [3.8, 4) is 11.6 Å². The zero-order chi connectivity index (χ0) is 14.0. The highest BCUT2D eigenvalue weighted by molar-refractivity contribution is 6.29. The zero-order valence-corrected chi connectivity index (χ0v) is 11.1. The van der Waals surface area contributed by atoms with Crippen molar-refractivity contribution in [2.75, 3.05) is 0 Å². The number of ether oxygens (including phenoxy) is 1. The lowest BCUT2D eigenvalue weighted by atomic mass is 10.1. The number of hydrogen-bond donors (Lipinski definition) is 0. The fourth-order valence-electron chi connectivity index (χ4n) is 1.54. The van der Waals surface area contributed by atoms with Crippen molar-refractivity contribution in [3.05, 3.63) is 51.8 Å². The van der Waals surface area contributed by atoms with Crippen LogP contribution in [0.5, 0.6) is 11.6 Å². The van der Waals surface area contributed by atoms with Crippen molar-refractivity contribution in [2.45, 2.75) is 13.8 Å². The van der Waals surface area contributed by atoms with Gasteiger partial charge in [-0.25, -0.2) is 0 Å². The number of benzene rings is 1. The Morgan fingerprint density at radius 2 is 2.11 bits per heavy atom. The number of carbonyl (C=O) groups is 1. The van der Waals surface area contributed by atoms with Crippen LogP contribution in [0.2, 0.25) is 5.15 Å². The quantitative estimate of drug-likeness (QED) is 0.492. The Morgan fingerprint density at radius 3 is 2.68 bits per heavy atom. The predicted molar refractivity (Wildman–Crippen MR) is 69.5 cm³/mol. The Bertz CT molecular complexity index is 644. The highest BCUT2D eigenvalue weighted by atomic mass is 35.5. The van der Waals surface area contributed by atoms with E-state index in [1.165, 1.54) is 19.1 Å². The number of hydrogen-bond acceptors (Lipinski definition) is 4. The third-order valence-electron chi connectivity index (χ3n) is 2.53. The molecule has 0 saturated heterocycles. The molecule has 0 fully saturated rings. The van der Waals surface area contributed by atoms with E-state index in [0.717, 1.165) is 5.56 Å². The minimum atomic E-state index is -0.0262. The summed E-state index contributed by atoms with van der Waals surface area (Å²) in [6, 6.07) is 7.88. The van der Waals surface area contributed by atoms with Gasteiger partial charge in [0.25, 0.3) is 0 Å². The molecular weight excluding hydrogens is 268 g/mol. The van der Waals surface area contributed by atoms with E-state index in [0.29, 0.717) is 16.2 Å². The van der Waals surface area contributed by atoms with Crippen LogP contribution in [0.15, 0.2) is 30.3 Å². The molecule has 1 aromatic carbocycles. The summed E-state index contributed by atoms with van der Waals surface area (Å²) in [4.78, 5) is 11.5. The summed E-state index contributed by atoms with van der Waals surface area (Å²) in [7, 11) is 0. The first-order valence-electron chi connectivity index (χ1n) is 5.53. The van der Waals surface area contributed by atoms with Gasteiger partial charge in [0.2, 0.25) is 0 Å². The van der Waals surface area contributed by atoms with Gasteiger partial charge in [0.1, 0.15) is 5.75 Å². The van der Waals surface area contributed by atoms with Gasteiger partial charge in [-0.05, 0) is 48.5 Å². The smallest absolute Gasteiger partial charge is 0.411 e. The van der Waals surface area contributed by atoms with E-state index in [9.17, 15) is 10.0 Å². The van der Waals surface area contributed by atoms with Gasteiger partial charge in [-0.1, -0.05) is 11.6 Å². The molecule has 98 valence electrons. The molecule has 1 heterocycles. The lowest BCUT2D eigenvalue weighted by Crippen LogP contribution is -2.32. The number of aromatic nitrogens is 2. The van der Waals surface area contributed by atoms with Gasteiger partial charge in [0.15, 0.2) is 10.9 Å². The summed E-state index contributed by atoms with van der Waals surface area (Å²) < 4.78 is 5.45. The zero-order valence-electron chi connectivity index (χ0n) is 10.4. The number of ketones is 1. The van der Waals surface area contributed by atoms with Crippen molar-refractivity contribution in [1.29, 1.82) is 0 Å². The number of nitrogens with zero attached hydrogens (tertiary/aromatic N) is 2. The van der Waals surface area contributed by atoms with Gasteiger partial charge in [0.05, 0.1) is 6.07 Å². The van der Waals surface area contributed by atoms with E-state index in [1.807, 2.05) is 0 Å². The summed E-state index contributed by atoms with van der Waals surface area (Å²) in [5.41, 5.74) is 1.34. The highest BCUT2D eigenvalue weighted by Gasteiger charge is 2.12. The number of Topliss-reactive ketones (excluding diaryl/α,β-unsaturated/α-hetero) is 1. The van der Waals surface area contributed by atoms with Crippen LogP contribution in [0.4, 0.5) is 0 Å². The predicted octanol–water partition coefficient (Wildman–Crippen LogP) is 2.67. The van der Waals surface area contributed by atoms with E-state index in [2.05, 4.69) is 5.10 Å². The Balaban J connectivity index is 2.31. The molecule has 2 aromatic rings. The summed E-state index contributed by atoms with van der Waals surface area (Å²) in [6.07, 6.45) is 0. The second-order valence-corrected chi connectivity index (χ2v) is 4.39. The number of aryl methyl sites for hydroxylation is 1. The molecule has 0 N–H and O–H groups in total. The fourth-order valence-corrected chi connectivity index (χ4v) is 1.67. The van der Waals surface area contributed by atoms with Crippen LogP contribution in [-0.4, -0.2) is 10.9 Å². The van der Waals surface area contributed by atoms with Gasteiger partial charge in [-0.3, -0.25) is 4.79 Å². The molecule has 0 aliphatic carbocycles. The molecule has 0 amide bonds. The van der Waals surface area contributed by atoms with E-state index in [-0.39, 0.29) is 16.8 Å². The maximum absolute atomic E-state index is 11.5. The minimum Gasteiger partial charge on any atom is -0.591 e. The molecule has 0 unspecified atom stereocenters. The first-order chi connectivity index (χ1) is 8.97. The summed E-state index contributed by atoms with van der Waals surface area (Å²) in [5, 5.41) is 15.1. The molecule has 0 radical (unpaired) electrons. The Labute approximate surface area is 115 Å². The SMILES string of the molecule is CC(=O)c1ccc(Oc2ccc(Cl)n[n+]2[O-])c(C)c1. The van der Waals surface area contributed by atoms with Crippen molar-refractivity contribution in [2.24, 2.45) is 0 Å². The molecule has 0 aliphatic heterocycles. The van der Waals surface area contributed by atoms with Gasteiger partial charge in [-0.2, -0.15) is 0 Å². The molecule has 0 atom stereocenters. The molecule has 19 heavy (non-hydrogen) atoms. The number of carbonyl (C=O) groups excluding carboxylic acids is 1.